The van der Waals surface area contributed by atoms with E-state index < -0.39 is 0 Å². The van der Waals surface area contributed by atoms with Crippen molar-refractivity contribution in [1.29, 1.82) is 0 Å². The van der Waals surface area contributed by atoms with Crippen LogP contribution in [-0.2, 0) is 4.74 Å². The number of allylic oxidation sites excluding steroid dienone is 1. The Labute approximate surface area is 106 Å². The molecule has 0 saturated carbocycles. The van der Waals surface area contributed by atoms with E-state index in [9.17, 15) is 0 Å². The van der Waals surface area contributed by atoms with Gasteiger partial charge in [-0.25, -0.2) is 0 Å². The maximum absolute atomic E-state index is 5.69. The van der Waals surface area contributed by atoms with Gasteiger partial charge < -0.3 is 4.74 Å². The highest BCUT2D eigenvalue weighted by Crippen LogP contribution is 2.39. The molecule has 2 heteroatoms. The average molecular weight is 237 g/mol. The molecule has 0 amide bonds. The van der Waals surface area contributed by atoms with Gasteiger partial charge >= 0.3 is 0 Å². The predicted octanol–water partition coefficient (Wildman–Crippen LogP) is 3.75. The van der Waals surface area contributed by atoms with Gasteiger partial charge in [0.05, 0.1) is 12.1 Å². The van der Waals surface area contributed by atoms with Gasteiger partial charge in [0, 0.05) is 0 Å². The fourth-order valence-electron chi connectivity index (χ4n) is 2.73. The van der Waals surface area contributed by atoms with Gasteiger partial charge in [0.25, 0.3) is 0 Å². The predicted molar refractivity (Wildman–Crippen MR) is 74.0 cm³/mol. The van der Waals surface area contributed by atoms with E-state index in [0.717, 1.165) is 18.8 Å². The van der Waals surface area contributed by atoms with Crippen LogP contribution in [0.15, 0.2) is 23.5 Å². The maximum Gasteiger partial charge on any atom is 0.117 e. The lowest BCUT2D eigenvalue weighted by Crippen LogP contribution is -2.43. The summed E-state index contributed by atoms with van der Waals surface area (Å²) >= 11 is 0. The molecule has 0 radical (unpaired) electrons. The second-order valence-electron chi connectivity index (χ2n) is 4.97. The first-order chi connectivity index (χ1) is 8.10. The molecule has 0 aliphatic heterocycles. The van der Waals surface area contributed by atoms with Crippen LogP contribution in [-0.4, -0.2) is 31.1 Å². The minimum atomic E-state index is 0.0925. The van der Waals surface area contributed by atoms with Crippen LogP contribution in [0.25, 0.3) is 0 Å². The lowest BCUT2D eigenvalue weighted by molar-refractivity contribution is 0.215. The topological polar surface area (TPSA) is 12.5 Å². The van der Waals surface area contributed by atoms with Crippen molar-refractivity contribution in [1.82, 2.24) is 4.90 Å². The molecule has 98 valence electrons. The van der Waals surface area contributed by atoms with Gasteiger partial charge in [0.15, 0.2) is 0 Å². The molecule has 1 aliphatic rings. The molecule has 1 atom stereocenters. The first kappa shape index (κ1) is 14.3. The highest BCUT2D eigenvalue weighted by molar-refractivity contribution is 5.42. The Morgan fingerprint density at radius 3 is 2.35 bits per heavy atom. The van der Waals surface area contributed by atoms with E-state index in [4.69, 9.17) is 4.74 Å². The van der Waals surface area contributed by atoms with E-state index in [1.807, 2.05) is 6.92 Å². The van der Waals surface area contributed by atoms with Crippen molar-refractivity contribution in [2.45, 2.75) is 52.0 Å². The molecule has 0 aromatic heterocycles. The third kappa shape index (κ3) is 2.92. The van der Waals surface area contributed by atoms with Gasteiger partial charge in [-0.05, 0) is 51.6 Å². The minimum absolute atomic E-state index is 0.0925. The zero-order chi connectivity index (χ0) is 12.9. The summed E-state index contributed by atoms with van der Waals surface area (Å²) in [5, 5.41) is 0. The van der Waals surface area contributed by atoms with E-state index in [1.165, 1.54) is 24.8 Å². The summed E-state index contributed by atoms with van der Waals surface area (Å²) in [4.78, 5) is 2.34. The van der Waals surface area contributed by atoms with Gasteiger partial charge in [0.2, 0.25) is 0 Å². The van der Waals surface area contributed by atoms with Crippen LogP contribution in [0, 0.1) is 0 Å². The number of hydrogen-bond acceptors (Lipinski definition) is 2. The standard InChI is InChI=1S/C15H27NO/c1-6-9-13-11-14(17-8-3)12-15(13,10-7-2)16(4)5/h11-12H,6-10H2,1-5H3. The second-order valence-corrected chi connectivity index (χ2v) is 4.97. The third-order valence-corrected chi connectivity index (χ3v) is 3.51. The highest BCUT2D eigenvalue weighted by Gasteiger charge is 2.37. The maximum atomic E-state index is 5.69. The molecule has 0 N–H and O–H groups in total. The largest absolute Gasteiger partial charge is 0.494 e. The molecular weight excluding hydrogens is 210 g/mol. The van der Waals surface area contributed by atoms with Crippen molar-refractivity contribution in [3.63, 3.8) is 0 Å². The molecule has 1 rings (SSSR count). The Bertz CT molecular complexity index is 304. The molecule has 0 heterocycles. The highest BCUT2D eigenvalue weighted by atomic mass is 16.5. The van der Waals surface area contributed by atoms with Crippen LogP contribution < -0.4 is 0 Å². The van der Waals surface area contributed by atoms with Crippen molar-refractivity contribution < 1.29 is 4.74 Å². The summed E-state index contributed by atoms with van der Waals surface area (Å²) in [6.45, 7) is 7.29. The van der Waals surface area contributed by atoms with Gasteiger partial charge in [-0.3, -0.25) is 4.90 Å². The quantitative estimate of drug-likeness (QED) is 0.668. The molecule has 0 aromatic carbocycles. The minimum Gasteiger partial charge on any atom is -0.494 e. The molecule has 0 fully saturated rings. The lowest BCUT2D eigenvalue weighted by atomic mass is 9.84. The van der Waals surface area contributed by atoms with E-state index in [1.54, 1.807) is 0 Å². The Balaban J connectivity index is 3.02. The van der Waals surface area contributed by atoms with Crippen LogP contribution in [0.4, 0.5) is 0 Å². The molecule has 2 nitrogen and oxygen atoms in total. The zero-order valence-electron chi connectivity index (χ0n) is 12.0. The van der Waals surface area contributed by atoms with Crippen LogP contribution in [0.3, 0.4) is 0 Å². The average Bonchev–Trinajstić information content (AvgIpc) is 2.60. The van der Waals surface area contributed by atoms with Gasteiger partial charge in [-0.2, -0.15) is 0 Å². The number of hydrogen-bond donors (Lipinski definition) is 0. The monoisotopic (exact) mass is 237 g/mol. The number of rotatable bonds is 7. The van der Waals surface area contributed by atoms with E-state index in [0.29, 0.717) is 0 Å². The van der Waals surface area contributed by atoms with Gasteiger partial charge in [0.1, 0.15) is 5.76 Å². The second kappa shape index (κ2) is 6.25. The summed E-state index contributed by atoms with van der Waals surface area (Å²) in [7, 11) is 4.34. The fraction of sp³-hybridized carbons (Fsp3) is 0.733. The van der Waals surface area contributed by atoms with E-state index >= 15 is 0 Å². The summed E-state index contributed by atoms with van der Waals surface area (Å²) < 4.78 is 5.69. The summed E-state index contributed by atoms with van der Waals surface area (Å²) in [6, 6.07) is 0. The zero-order valence-corrected chi connectivity index (χ0v) is 12.0. The number of likely N-dealkylation sites (N-methyl/N-ethyl adjacent to an activating group) is 1. The molecule has 0 aromatic rings. The fourth-order valence-corrected chi connectivity index (χ4v) is 2.73. The van der Waals surface area contributed by atoms with E-state index in [-0.39, 0.29) is 5.54 Å². The van der Waals surface area contributed by atoms with Gasteiger partial charge in [-0.15, -0.1) is 0 Å². The molecule has 0 spiro atoms. The van der Waals surface area contributed by atoms with Crippen molar-refractivity contribution in [2.24, 2.45) is 0 Å². The van der Waals surface area contributed by atoms with Crippen LogP contribution >= 0.6 is 0 Å². The Hall–Kier alpha value is -0.760. The summed E-state index contributed by atoms with van der Waals surface area (Å²) in [5.74, 6) is 1.05. The lowest BCUT2D eigenvalue weighted by Gasteiger charge is -2.37. The Morgan fingerprint density at radius 1 is 1.18 bits per heavy atom. The Kier molecular flexibility index (Phi) is 5.26. The van der Waals surface area contributed by atoms with Crippen molar-refractivity contribution in [3.8, 4) is 0 Å². The molecule has 0 bridgehead atoms. The third-order valence-electron chi connectivity index (χ3n) is 3.51. The summed E-state index contributed by atoms with van der Waals surface area (Å²) in [6.07, 6.45) is 9.27. The van der Waals surface area contributed by atoms with E-state index in [2.05, 4.69) is 45.0 Å². The van der Waals surface area contributed by atoms with Crippen LogP contribution in [0.5, 0.6) is 0 Å². The first-order valence-electron chi connectivity index (χ1n) is 6.84. The molecule has 17 heavy (non-hydrogen) atoms. The number of nitrogens with zero attached hydrogens (tertiary/aromatic N) is 1. The molecule has 1 aliphatic carbocycles. The molecule has 0 saturated heterocycles. The Morgan fingerprint density at radius 2 is 1.88 bits per heavy atom. The van der Waals surface area contributed by atoms with Crippen LogP contribution in [0.2, 0.25) is 0 Å². The molecule has 1 unspecified atom stereocenters. The van der Waals surface area contributed by atoms with Crippen molar-refractivity contribution >= 4 is 0 Å². The number of ether oxygens (including phenoxy) is 1. The van der Waals surface area contributed by atoms with Crippen LogP contribution in [0.1, 0.15) is 46.5 Å². The first-order valence-corrected chi connectivity index (χ1v) is 6.84. The van der Waals surface area contributed by atoms with Crippen molar-refractivity contribution in [2.75, 3.05) is 20.7 Å². The normalized spacial score (nSPS) is 23.9. The summed E-state index contributed by atoms with van der Waals surface area (Å²) in [5.41, 5.74) is 1.60. The smallest absolute Gasteiger partial charge is 0.117 e. The van der Waals surface area contributed by atoms with Gasteiger partial charge in [-0.1, -0.05) is 26.7 Å². The SMILES string of the molecule is CCCC1=CC(OCC)=CC1(CCC)N(C)C. The molecular formula is C15H27NO. The van der Waals surface area contributed by atoms with Crippen molar-refractivity contribution in [3.05, 3.63) is 23.5 Å².